The van der Waals surface area contributed by atoms with Gasteiger partial charge in [-0.1, -0.05) is 11.6 Å². The first-order valence-corrected chi connectivity index (χ1v) is 4.84. The molecule has 0 fully saturated rings. The van der Waals surface area contributed by atoms with Crippen LogP contribution in [0.2, 0.25) is 5.02 Å². The Hall–Kier alpha value is -0.0100. The quantitative estimate of drug-likeness (QED) is 0.852. The van der Waals surface area contributed by atoms with Gasteiger partial charge in [0.25, 0.3) is 6.43 Å². The Bertz CT molecular complexity index is 320. The van der Waals surface area contributed by atoms with Crippen LogP contribution in [0, 0.1) is 3.57 Å². The van der Waals surface area contributed by atoms with Crippen molar-refractivity contribution in [3.8, 4) is 0 Å². The zero-order valence-electron chi connectivity index (χ0n) is 6.40. The van der Waals surface area contributed by atoms with Gasteiger partial charge in [-0.15, -0.1) is 0 Å². The first-order valence-electron chi connectivity index (χ1n) is 3.39. The van der Waals surface area contributed by atoms with E-state index in [2.05, 4.69) is 4.98 Å². The van der Waals surface area contributed by atoms with Gasteiger partial charge in [0, 0.05) is 18.3 Å². The van der Waals surface area contributed by atoms with Crippen LogP contribution in [0.25, 0.3) is 0 Å². The third kappa shape index (κ3) is 2.26. The zero-order chi connectivity index (χ0) is 10.0. The predicted octanol–water partition coefficient (Wildman–Crippen LogP) is 2.74. The third-order valence-corrected chi connectivity index (χ3v) is 3.33. The highest BCUT2D eigenvalue weighted by Crippen LogP contribution is 2.29. The maximum absolute atomic E-state index is 12.3. The van der Waals surface area contributed by atoms with E-state index in [1.165, 1.54) is 6.20 Å². The molecule has 0 bridgehead atoms. The second-order valence-corrected chi connectivity index (χ2v) is 3.76. The van der Waals surface area contributed by atoms with Crippen molar-refractivity contribution < 1.29 is 8.78 Å². The van der Waals surface area contributed by atoms with Crippen molar-refractivity contribution in [2.75, 3.05) is 0 Å². The van der Waals surface area contributed by atoms with E-state index in [4.69, 9.17) is 17.3 Å². The van der Waals surface area contributed by atoms with Crippen molar-refractivity contribution in [2.24, 2.45) is 5.73 Å². The van der Waals surface area contributed by atoms with Gasteiger partial charge in [-0.3, -0.25) is 4.98 Å². The lowest BCUT2D eigenvalue weighted by molar-refractivity contribution is 0.145. The average molecular weight is 318 g/mol. The predicted molar refractivity (Wildman–Crippen MR) is 54.8 cm³/mol. The highest BCUT2D eigenvalue weighted by molar-refractivity contribution is 14.1. The van der Waals surface area contributed by atoms with Gasteiger partial charge >= 0.3 is 0 Å². The van der Waals surface area contributed by atoms with Crippen LogP contribution in [0.3, 0.4) is 0 Å². The topological polar surface area (TPSA) is 38.9 Å². The van der Waals surface area contributed by atoms with Crippen LogP contribution in [0.4, 0.5) is 8.78 Å². The molecule has 0 amide bonds. The number of hydrogen-bond acceptors (Lipinski definition) is 2. The normalized spacial score (nSPS) is 10.9. The van der Waals surface area contributed by atoms with Crippen LogP contribution >= 0.6 is 34.2 Å². The molecule has 13 heavy (non-hydrogen) atoms. The molecule has 0 aromatic carbocycles. The first-order chi connectivity index (χ1) is 6.07. The molecule has 6 heteroatoms. The second-order valence-electron chi connectivity index (χ2n) is 2.30. The molecule has 1 rings (SSSR count). The summed E-state index contributed by atoms with van der Waals surface area (Å²) < 4.78 is 24.8. The molecule has 0 aliphatic heterocycles. The lowest BCUT2D eigenvalue weighted by atomic mass is 10.2. The highest BCUT2D eigenvalue weighted by atomic mass is 127. The fourth-order valence-corrected chi connectivity index (χ4v) is 1.75. The summed E-state index contributed by atoms with van der Waals surface area (Å²) in [5.74, 6) is 0. The van der Waals surface area contributed by atoms with Gasteiger partial charge in [0.1, 0.15) is 5.69 Å². The van der Waals surface area contributed by atoms with E-state index < -0.39 is 6.43 Å². The minimum Gasteiger partial charge on any atom is -0.326 e. The minimum absolute atomic E-state index is 0.200. The van der Waals surface area contributed by atoms with Crippen molar-refractivity contribution in [1.29, 1.82) is 0 Å². The summed E-state index contributed by atoms with van der Waals surface area (Å²) in [5, 5.41) is 0.272. The summed E-state index contributed by atoms with van der Waals surface area (Å²) in [5.41, 5.74) is 5.62. The molecule has 2 N–H and O–H groups in total. The SMILES string of the molecule is NCc1cnc(C(F)F)c(I)c1Cl. The van der Waals surface area contributed by atoms with Gasteiger partial charge in [0.15, 0.2) is 0 Å². The number of nitrogens with two attached hydrogens (primary N) is 1. The molecule has 2 nitrogen and oxygen atoms in total. The fourth-order valence-electron chi connectivity index (χ4n) is 0.809. The highest BCUT2D eigenvalue weighted by Gasteiger charge is 2.17. The van der Waals surface area contributed by atoms with Crippen molar-refractivity contribution in [3.63, 3.8) is 0 Å². The van der Waals surface area contributed by atoms with Crippen molar-refractivity contribution in [2.45, 2.75) is 13.0 Å². The van der Waals surface area contributed by atoms with Crippen LogP contribution in [0.5, 0.6) is 0 Å². The van der Waals surface area contributed by atoms with E-state index in [1.807, 2.05) is 0 Å². The summed E-state index contributed by atoms with van der Waals surface area (Å²) in [4.78, 5) is 3.59. The van der Waals surface area contributed by atoms with E-state index in [-0.39, 0.29) is 20.8 Å². The lowest BCUT2D eigenvalue weighted by Gasteiger charge is -2.07. The van der Waals surface area contributed by atoms with Gasteiger partial charge < -0.3 is 5.73 Å². The largest absolute Gasteiger partial charge is 0.326 e. The summed E-state index contributed by atoms with van der Waals surface area (Å²) in [6, 6.07) is 0. The third-order valence-electron chi connectivity index (χ3n) is 1.49. The Kier molecular flexibility index (Phi) is 3.81. The maximum Gasteiger partial charge on any atom is 0.281 e. The molecule has 1 aromatic rings. The van der Waals surface area contributed by atoms with E-state index in [9.17, 15) is 8.78 Å². The molecule has 0 atom stereocenters. The molecule has 0 spiro atoms. The summed E-state index contributed by atoms with van der Waals surface area (Å²) in [7, 11) is 0. The molecular formula is C7H6ClF2IN2. The van der Waals surface area contributed by atoms with Crippen LogP contribution in [0.15, 0.2) is 6.20 Å². The molecule has 0 saturated heterocycles. The van der Waals surface area contributed by atoms with Crippen molar-refractivity contribution in [1.82, 2.24) is 4.98 Å². The summed E-state index contributed by atoms with van der Waals surface area (Å²) in [6.07, 6.45) is -1.32. The van der Waals surface area contributed by atoms with Crippen molar-refractivity contribution in [3.05, 3.63) is 26.0 Å². The standard InChI is InChI=1S/C7H6ClF2IN2/c8-4-3(1-12)2-13-6(5(4)11)7(9)10/h2,7H,1,12H2. The molecule has 0 saturated carbocycles. The van der Waals surface area contributed by atoms with E-state index in [0.717, 1.165) is 0 Å². The Labute approximate surface area is 92.6 Å². The Balaban J connectivity index is 3.23. The first kappa shape index (κ1) is 11.1. The Morgan fingerprint density at radius 2 is 2.23 bits per heavy atom. The van der Waals surface area contributed by atoms with Gasteiger partial charge in [-0.05, 0) is 22.6 Å². The van der Waals surface area contributed by atoms with Crippen LogP contribution in [-0.4, -0.2) is 4.98 Å². The number of hydrogen-bond donors (Lipinski definition) is 1. The van der Waals surface area contributed by atoms with Gasteiger partial charge in [-0.2, -0.15) is 0 Å². The van der Waals surface area contributed by atoms with Crippen LogP contribution in [-0.2, 0) is 6.54 Å². The van der Waals surface area contributed by atoms with Crippen LogP contribution in [0.1, 0.15) is 17.7 Å². The number of rotatable bonds is 2. The van der Waals surface area contributed by atoms with Crippen LogP contribution < -0.4 is 5.73 Å². The molecule has 72 valence electrons. The van der Waals surface area contributed by atoms with E-state index >= 15 is 0 Å². The van der Waals surface area contributed by atoms with Gasteiger partial charge in [-0.25, -0.2) is 8.78 Å². The smallest absolute Gasteiger partial charge is 0.281 e. The van der Waals surface area contributed by atoms with E-state index in [0.29, 0.717) is 5.56 Å². The monoisotopic (exact) mass is 318 g/mol. The van der Waals surface area contributed by atoms with Gasteiger partial charge in [0.2, 0.25) is 0 Å². The number of aromatic nitrogens is 1. The summed E-state index contributed by atoms with van der Waals surface area (Å²) in [6.45, 7) is 0.200. The second kappa shape index (κ2) is 4.47. The Morgan fingerprint density at radius 3 is 2.69 bits per heavy atom. The molecule has 0 aliphatic rings. The average Bonchev–Trinajstić information content (AvgIpc) is 2.09. The molecular weight excluding hydrogens is 312 g/mol. The zero-order valence-corrected chi connectivity index (χ0v) is 9.31. The number of halogens is 4. The maximum atomic E-state index is 12.3. The molecule has 0 aliphatic carbocycles. The number of pyridine rings is 1. The van der Waals surface area contributed by atoms with Crippen molar-refractivity contribution >= 4 is 34.2 Å². The minimum atomic E-state index is -2.60. The number of nitrogens with zero attached hydrogens (tertiary/aromatic N) is 1. The Morgan fingerprint density at radius 1 is 1.62 bits per heavy atom. The summed E-state index contributed by atoms with van der Waals surface area (Å²) >= 11 is 7.52. The van der Waals surface area contributed by atoms with E-state index in [1.54, 1.807) is 22.6 Å². The van der Waals surface area contributed by atoms with Gasteiger partial charge in [0.05, 0.1) is 8.59 Å². The molecule has 0 unspecified atom stereocenters. The number of alkyl halides is 2. The molecule has 1 heterocycles. The lowest BCUT2D eigenvalue weighted by Crippen LogP contribution is -2.03. The molecule has 1 aromatic heterocycles. The molecule has 0 radical (unpaired) electrons. The fraction of sp³-hybridized carbons (Fsp3) is 0.286.